The largest absolute Gasteiger partial charge is 0.376 e. The molecule has 0 radical (unpaired) electrons. The Morgan fingerprint density at radius 2 is 2.19 bits per heavy atom. The number of nitrogens with one attached hydrogen (secondary N) is 1. The summed E-state index contributed by atoms with van der Waals surface area (Å²) < 4.78 is 5.74. The van der Waals surface area contributed by atoms with Crippen molar-refractivity contribution in [2.45, 2.75) is 20.0 Å². The summed E-state index contributed by atoms with van der Waals surface area (Å²) in [7, 11) is 0. The molecule has 0 aliphatic carbocycles. The third-order valence-corrected chi connectivity index (χ3v) is 3.03. The number of ether oxygens (including phenoxy) is 1. The lowest BCUT2D eigenvalue weighted by Crippen LogP contribution is -2.13. The summed E-state index contributed by atoms with van der Waals surface area (Å²) in [5.74, 6) is 0.717. The van der Waals surface area contributed by atoms with Gasteiger partial charge in [0, 0.05) is 6.54 Å². The molecule has 1 aliphatic rings. The van der Waals surface area contributed by atoms with Crippen LogP contribution in [0.15, 0.2) is 24.3 Å². The van der Waals surface area contributed by atoms with Crippen LogP contribution in [-0.4, -0.2) is 19.7 Å². The molecule has 90 valence electrons. The summed E-state index contributed by atoms with van der Waals surface area (Å²) >= 11 is 0. The van der Waals surface area contributed by atoms with Crippen LogP contribution in [0.1, 0.15) is 17.5 Å². The van der Waals surface area contributed by atoms with Gasteiger partial charge in [0.05, 0.1) is 13.2 Å². The van der Waals surface area contributed by atoms with Crippen LogP contribution in [0.4, 0.5) is 0 Å². The highest BCUT2D eigenvalue weighted by Gasteiger charge is 2.14. The maximum absolute atomic E-state index is 5.74. The summed E-state index contributed by atoms with van der Waals surface area (Å²) in [6, 6.07) is 8.42. The van der Waals surface area contributed by atoms with Gasteiger partial charge in [-0.2, -0.15) is 0 Å². The highest BCUT2D eigenvalue weighted by atomic mass is 35.5. The van der Waals surface area contributed by atoms with Crippen LogP contribution in [0.3, 0.4) is 0 Å². The Morgan fingerprint density at radius 3 is 2.88 bits per heavy atom. The first-order valence-electron chi connectivity index (χ1n) is 5.69. The van der Waals surface area contributed by atoms with Crippen molar-refractivity contribution in [3.63, 3.8) is 0 Å². The maximum atomic E-state index is 5.74. The zero-order valence-corrected chi connectivity index (χ0v) is 10.6. The van der Waals surface area contributed by atoms with Crippen LogP contribution in [0.25, 0.3) is 0 Å². The zero-order valence-electron chi connectivity index (χ0n) is 9.74. The summed E-state index contributed by atoms with van der Waals surface area (Å²) in [4.78, 5) is 0. The third-order valence-electron chi connectivity index (χ3n) is 3.03. The molecule has 1 aromatic carbocycles. The van der Waals surface area contributed by atoms with E-state index in [1.807, 2.05) is 0 Å². The molecule has 0 bridgehead atoms. The third kappa shape index (κ3) is 3.78. The average Bonchev–Trinajstić information content (AvgIpc) is 2.74. The molecular weight excluding hydrogens is 222 g/mol. The fourth-order valence-electron chi connectivity index (χ4n) is 1.96. The smallest absolute Gasteiger partial charge is 0.0719 e. The summed E-state index contributed by atoms with van der Waals surface area (Å²) in [5, 5.41) is 3.35. The van der Waals surface area contributed by atoms with Crippen molar-refractivity contribution in [1.82, 2.24) is 5.32 Å². The van der Waals surface area contributed by atoms with Gasteiger partial charge < -0.3 is 10.1 Å². The monoisotopic (exact) mass is 241 g/mol. The molecule has 1 heterocycles. The van der Waals surface area contributed by atoms with Crippen molar-refractivity contribution in [3.8, 4) is 0 Å². The number of aryl methyl sites for hydroxylation is 1. The van der Waals surface area contributed by atoms with Crippen LogP contribution < -0.4 is 5.32 Å². The molecular formula is C13H20ClNO. The van der Waals surface area contributed by atoms with Gasteiger partial charge in [-0.05, 0) is 36.9 Å². The minimum absolute atomic E-state index is 0. The van der Waals surface area contributed by atoms with E-state index in [0.29, 0.717) is 5.92 Å². The SMILES string of the molecule is Cc1ccccc1COCC1CCNC1.Cl. The first kappa shape index (κ1) is 13.5. The second kappa shape index (κ2) is 6.89. The van der Waals surface area contributed by atoms with E-state index >= 15 is 0 Å². The van der Waals surface area contributed by atoms with Gasteiger partial charge in [0.2, 0.25) is 0 Å². The molecule has 1 aromatic rings. The molecule has 2 rings (SSSR count). The van der Waals surface area contributed by atoms with E-state index in [2.05, 4.69) is 36.5 Å². The van der Waals surface area contributed by atoms with Crippen LogP contribution in [0, 0.1) is 12.8 Å². The molecule has 1 N–H and O–H groups in total. The van der Waals surface area contributed by atoms with E-state index in [4.69, 9.17) is 4.74 Å². The minimum atomic E-state index is 0. The second-order valence-electron chi connectivity index (χ2n) is 4.30. The van der Waals surface area contributed by atoms with E-state index < -0.39 is 0 Å². The molecule has 1 saturated heterocycles. The lowest BCUT2D eigenvalue weighted by molar-refractivity contribution is 0.0921. The van der Waals surface area contributed by atoms with Gasteiger partial charge in [0.1, 0.15) is 0 Å². The van der Waals surface area contributed by atoms with E-state index in [1.54, 1.807) is 0 Å². The number of rotatable bonds is 4. The van der Waals surface area contributed by atoms with E-state index in [9.17, 15) is 0 Å². The Kier molecular flexibility index (Phi) is 5.81. The van der Waals surface area contributed by atoms with Gasteiger partial charge in [0.25, 0.3) is 0 Å². The van der Waals surface area contributed by atoms with Gasteiger partial charge in [-0.3, -0.25) is 0 Å². The summed E-state index contributed by atoms with van der Waals surface area (Å²) in [6.07, 6.45) is 1.26. The first-order valence-corrected chi connectivity index (χ1v) is 5.69. The quantitative estimate of drug-likeness (QED) is 0.875. The molecule has 0 saturated carbocycles. The Morgan fingerprint density at radius 1 is 1.38 bits per heavy atom. The first-order chi connectivity index (χ1) is 7.36. The van der Waals surface area contributed by atoms with E-state index in [1.165, 1.54) is 17.5 Å². The predicted octanol–water partition coefficient (Wildman–Crippen LogP) is 2.54. The lowest BCUT2D eigenvalue weighted by atomic mass is 10.1. The van der Waals surface area contributed by atoms with Gasteiger partial charge in [-0.1, -0.05) is 24.3 Å². The molecule has 1 atom stereocenters. The predicted molar refractivity (Wildman–Crippen MR) is 69.1 cm³/mol. The molecule has 0 amide bonds. The Balaban J connectivity index is 0.00000128. The van der Waals surface area contributed by atoms with Crippen LogP contribution in [-0.2, 0) is 11.3 Å². The standard InChI is InChI=1S/C13H19NO.ClH/c1-11-4-2-3-5-13(11)10-15-9-12-6-7-14-8-12;/h2-5,12,14H,6-10H2,1H3;1H. The number of hydrogen-bond donors (Lipinski definition) is 1. The minimum Gasteiger partial charge on any atom is -0.376 e. The van der Waals surface area contributed by atoms with Crippen molar-refractivity contribution < 1.29 is 4.74 Å². The molecule has 2 nitrogen and oxygen atoms in total. The topological polar surface area (TPSA) is 21.3 Å². The zero-order chi connectivity index (χ0) is 10.5. The van der Waals surface area contributed by atoms with E-state index in [0.717, 1.165) is 26.3 Å². The van der Waals surface area contributed by atoms with Crippen LogP contribution in [0.2, 0.25) is 0 Å². The Labute approximate surface area is 104 Å². The molecule has 1 aliphatic heterocycles. The molecule has 0 spiro atoms. The van der Waals surface area contributed by atoms with E-state index in [-0.39, 0.29) is 12.4 Å². The second-order valence-corrected chi connectivity index (χ2v) is 4.30. The van der Waals surface area contributed by atoms with Crippen LogP contribution >= 0.6 is 12.4 Å². The normalized spacial score (nSPS) is 19.4. The maximum Gasteiger partial charge on any atom is 0.0719 e. The lowest BCUT2D eigenvalue weighted by Gasteiger charge is -2.10. The number of benzene rings is 1. The fourth-order valence-corrected chi connectivity index (χ4v) is 1.96. The Bertz CT molecular complexity index is 311. The molecule has 1 fully saturated rings. The van der Waals surface area contributed by atoms with Gasteiger partial charge >= 0.3 is 0 Å². The van der Waals surface area contributed by atoms with Gasteiger partial charge in [-0.15, -0.1) is 12.4 Å². The number of hydrogen-bond acceptors (Lipinski definition) is 2. The number of halogens is 1. The average molecular weight is 242 g/mol. The fraction of sp³-hybridized carbons (Fsp3) is 0.538. The van der Waals surface area contributed by atoms with Crippen molar-refractivity contribution in [3.05, 3.63) is 35.4 Å². The molecule has 3 heteroatoms. The van der Waals surface area contributed by atoms with Gasteiger partial charge in [0.15, 0.2) is 0 Å². The molecule has 1 unspecified atom stereocenters. The molecule has 16 heavy (non-hydrogen) atoms. The van der Waals surface area contributed by atoms with Crippen molar-refractivity contribution in [2.75, 3.05) is 19.7 Å². The highest BCUT2D eigenvalue weighted by molar-refractivity contribution is 5.85. The Hall–Kier alpha value is -0.570. The van der Waals surface area contributed by atoms with Gasteiger partial charge in [-0.25, -0.2) is 0 Å². The van der Waals surface area contributed by atoms with Crippen molar-refractivity contribution in [1.29, 1.82) is 0 Å². The summed E-state index contributed by atoms with van der Waals surface area (Å²) in [6.45, 7) is 6.05. The summed E-state index contributed by atoms with van der Waals surface area (Å²) in [5.41, 5.74) is 2.63. The van der Waals surface area contributed by atoms with Crippen molar-refractivity contribution >= 4 is 12.4 Å². The van der Waals surface area contributed by atoms with Crippen LogP contribution in [0.5, 0.6) is 0 Å². The highest BCUT2D eigenvalue weighted by Crippen LogP contribution is 2.11. The molecule has 0 aromatic heterocycles. The van der Waals surface area contributed by atoms with Crippen molar-refractivity contribution in [2.24, 2.45) is 5.92 Å².